The Balaban J connectivity index is 1.60. The van der Waals surface area contributed by atoms with Crippen LogP contribution >= 0.6 is 11.8 Å². The van der Waals surface area contributed by atoms with Gasteiger partial charge in [0.05, 0.1) is 26.4 Å². The number of methoxy groups -OCH3 is 2. The lowest BCUT2D eigenvalue weighted by Crippen LogP contribution is -2.01. The SMILES string of the molecule is COc1ccc(Cc2nnc(SCC(=O)c3ccccc3)o2)cc1OC. The summed E-state index contributed by atoms with van der Waals surface area (Å²) in [4.78, 5) is 12.1. The minimum Gasteiger partial charge on any atom is -0.493 e. The number of rotatable bonds is 8. The zero-order valence-corrected chi connectivity index (χ0v) is 15.3. The van der Waals surface area contributed by atoms with E-state index < -0.39 is 0 Å². The van der Waals surface area contributed by atoms with Gasteiger partial charge in [0.15, 0.2) is 17.3 Å². The molecule has 1 heterocycles. The quantitative estimate of drug-likeness (QED) is 0.442. The Morgan fingerprint density at radius 3 is 2.54 bits per heavy atom. The van der Waals surface area contributed by atoms with Crippen LogP contribution in [-0.2, 0) is 6.42 Å². The molecule has 0 amide bonds. The topological polar surface area (TPSA) is 74.5 Å². The van der Waals surface area contributed by atoms with E-state index in [0.29, 0.717) is 34.6 Å². The minimum absolute atomic E-state index is 0.0234. The number of carbonyl (C=O) groups is 1. The summed E-state index contributed by atoms with van der Waals surface area (Å²) in [5.74, 6) is 2.06. The summed E-state index contributed by atoms with van der Waals surface area (Å²) in [6.07, 6.45) is 0.473. The zero-order chi connectivity index (χ0) is 18.4. The predicted octanol–water partition coefficient (Wildman–Crippen LogP) is 3.65. The van der Waals surface area contributed by atoms with Crippen LogP contribution in [0.25, 0.3) is 0 Å². The van der Waals surface area contributed by atoms with Crippen LogP contribution in [0.5, 0.6) is 11.5 Å². The highest BCUT2D eigenvalue weighted by molar-refractivity contribution is 7.99. The Morgan fingerprint density at radius 2 is 1.81 bits per heavy atom. The lowest BCUT2D eigenvalue weighted by Gasteiger charge is -2.08. The van der Waals surface area contributed by atoms with Gasteiger partial charge in [0, 0.05) is 5.56 Å². The van der Waals surface area contributed by atoms with Crippen LogP contribution in [0.4, 0.5) is 0 Å². The normalized spacial score (nSPS) is 10.5. The first kappa shape index (κ1) is 18.0. The van der Waals surface area contributed by atoms with Gasteiger partial charge in [-0.05, 0) is 17.7 Å². The van der Waals surface area contributed by atoms with Crippen LogP contribution in [0.3, 0.4) is 0 Å². The van der Waals surface area contributed by atoms with Crippen molar-refractivity contribution in [3.8, 4) is 11.5 Å². The molecule has 0 saturated carbocycles. The summed E-state index contributed by atoms with van der Waals surface area (Å²) in [5, 5.41) is 8.41. The highest BCUT2D eigenvalue weighted by Gasteiger charge is 2.12. The molecule has 0 saturated heterocycles. The third kappa shape index (κ3) is 4.43. The number of aromatic nitrogens is 2. The second kappa shape index (κ2) is 8.53. The molecule has 26 heavy (non-hydrogen) atoms. The van der Waals surface area contributed by atoms with E-state index in [1.807, 2.05) is 36.4 Å². The number of thioether (sulfide) groups is 1. The van der Waals surface area contributed by atoms with Crippen molar-refractivity contribution in [2.75, 3.05) is 20.0 Å². The van der Waals surface area contributed by atoms with E-state index in [4.69, 9.17) is 13.9 Å². The van der Waals surface area contributed by atoms with Crippen LogP contribution in [0.15, 0.2) is 58.2 Å². The number of hydrogen-bond donors (Lipinski definition) is 0. The lowest BCUT2D eigenvalue weighted by atomic mass is 10.1. The maximum atomic E-state index is 12.1. The van der Waals surface area contributed by atoms with E-state index in [1.54, 1.807) is 26.4 Å². The second-order valence-electron chi connectivity index (χ2n) is 5.41. The van der Waals surface area contributed by atoms with Gasteiger partial charge in [-0.1, -0.05) is 48.2 Å². The summed E-state index contributed by atoms with van der Waals surface area (Å²) >= 11 is 1.23. The fourth-order valence-electron chi connectivity index (χ4n) is 2.37. The average molecular weight is 370 g/mol. The molecule has 7 heteroatoms. The first-order chi connectivity index (χ1) is 12.7. The highest BCUT2D eigenvalue weighted by Crippen LogP contribution is 2.28. The first-order valence-electron chi connectivity index (χ1n) is 7.94. The first-order valence-corrected chi connectivity index (χ1v) is 8.92. The summed E-state index contributed by atoms with van der Waals surface area (Å²) in [7, 11) is 3.18. The van der Waals surface area contributed by atoms with Crippen molar-refractivity contribution in [1.82, 2.24) is 10.2 Å². The van der Waals surface area contributed by atoms with Gasteiger partial charge >= 0.3 is 0 Å². The molecule has 0 fully saturated rings. The van der Waals surface area contributed by atoms with Crippen molar-refractivity contribution in [2.24, 2.45) is 0 Å². The van der Waals surface area contributed by atoms with E-state index in [1.165, 1.54) is 11.8 Å². The Morgan fingerprint density at radius 1 is 1.04 bits per heavy atom. The number of ether oxygens (including phenoxy) is 2. The maximum absolute atomic E-state index is 12.1. The third-order valence-corrected chi connectivity index (χ3v) is 4.49. The Labute approximate surface area is 155 Å². The van der Waals surface area contributed by atoms with E-state index in [-0.39, 0.29) is 11.5 Å². The fourth-order valence-corrected chi connectivity index (χ4v) is 3.04. The van der Waals surface area contributed by atoms with Crippen molar-refractivity contribution >= 4 is 17.5 Å². The number of nitrogens with zero attached hydrogens (tertiary/aromatic N) is 2. The van der Waals surface area contributed by atoms with Crippen molar-refractivity contribution in [3.05, 3.63) is 65.5 Å². The van der Waals surface area contributed by atoms with E-state index in [0.717, 1.165) is 5.56 Å². The van der Waals surface area contributed by atoms with Crippen molar-refractivity contribution in [3.63, 3.8) is 0 Å². The van der Waals surface area contributed by atoms with Gasteiger partial charge in [0.2, 0.25) is 5.89 Å². The van der Waals surface area contributed by atoms with Crippen molar-refractivity contribution in [1.29, 1.82) is 0 Å². The van der Waals surface area contributed by atoms with Crippen LogP contribution in [0.1, 0.15) is 21.8 Å². The summed E-state index contributed by atoms with van der Waals surface area (Å²) in [5.41, 5.74) is 1.63. The van der Waals surface area contributed by atoms with Gasteiger partial charge in [0.25, 0.3) is 5.22 Å². The number of Topliss-reactive ketones (excluding diaryl/α,β-unsaturated/α-hetero) is 1. The van der Waals surface area contributed by atoms with Gasteiger partial charge in [0.1, 0.15) is 0 Å². The smallest absolute Gasteiger partial charge is 0.277 e. The van der Waals surface area contributed by atoms with Crippen LogP contribution in [-0.4, -0.2) is 36.0 Å². The molecule has 0 bridgehead atoms. The number of benzene rings is 2. The Hall–Kier alpha value is -2.80. The molecule has 1 aromatic heterocycles. The third-order valence-electron chi connectivity index (χ3n) is 3.67. The summed E-state index contributed by atoms with van der Waals surface area (Å²) in [6.45, 7) is 0. The van der Waals surface area contributed by atoms with Gasteiger partial charge in [-0.25, -0.2) is 0 Å². The highest BCUT2D eigenvalue weighted by atomic mass is 32.2. The molecule has 0 aliphatic carbocycles. The van der Waals surface area contributed by atoms with Gasteiger partial charge in [-0.15, -0.1) is 10.2 Å². The fraction of sp³-hybridized carbons (Fsp3) is 0.211. The largest absolute Gasteiger partial charge is 0.493 e. The maximum Gasteiger partial charge on any atom is 0.277 e. The molecule has 0 radical (unpaired) electrons. The van der Waals surface area contributed by atoms with E-state index >= 15 is 0 Å². The molecule has 134 valence electrons. The summed E-state index contributed by atoms with van der Waals surface area (Å²) < 4.78 is 16.1. The molecule has 3 aromatic rings. The van der Waals surface area contributed by atoms with Crippen LogP contribution in [0.2, 0.25) is 0 Å². The van der Waals surface area contributed by atoms with Crippen LogP contribution in [0, 0.1) is 0 Å². The standard InChI is InChI=1S/C19H18N2O4S/c1-23-16-9-8-13(10-17(16)24-2)11-18-20-21-19(25-18)26-12-15(22)14-6-4-3-5-7-14/h3-10H,11-12H2,1-2H3. The molecule has 0 N–H and O–H groups in total. The number of carbonyl (C=O) groups excluding carboxylic acids is 1. The molecule has 0 aliphatic heterocycles. The van der Waals surface area contributed by atoms with E-state index in [9.17, 15) is 4.79 Å². The summed E-state index contributed by atoms with van der Waals surface area (Å²) in [6, 6.07) is 14.8. The van der Waals surface area contributed by atoms with E-state index in [2.05, 4.69) is 10.2 Å². The molecule has 6 nitrogen and oxygen atoms in total. The Kier molecular flexibility index (Phi) is 5.91. The van der Waals surface area contributed by atoms with Crippen molar-refractivity contribution in [2.45, 2.75) is 11.6 Å². The molecule has 3 rings (SSSR count). The molecule has 2 aromatic carbocycles. The molecule has 0 unspecified atom stereocenters. The zero-order valence-electron chi connectivity index (χ0n) is 14.5. The van der Waals surface area contributed by atoms with Gasteiger partial charge in [-0.3, -0.25) is 4.79 Å². The minimum atomic E-state index is 0.0234. The number of hydrogen-bond acceptors (Lipinski definition) is 7. The van der Waals surface area contributed by atoms with Gasteiger partial charge < -0.3 is 13.9 Å². The molecule has 0 atom stereocenters. The average Bonchev–Trinajstić information content (AvgIpc) is 3.14. The molecule has 0 spiro atoms. The van der Waals surface area contributed by atoms with Crippen LogP contribution < -0.4 is 9.47 Å². The molecule has 0 aliphatic rings. The molecular formula is C19H18N2O4S. The van der Waals surface area contributed by atoms with Gasteiger partial charge in [-0.2, -0.15) is 0 Å². The van der Waals surface area contributed by atoms with Crippen molar-refractivity contribution < 1.29 is 18.7 Å². The lowest BCUT2D eigenvalue weighted by molar-refractivity contribution is 0.102. The second-order valence-corrected chi connectivity index (χ2v) is 6.33. The number of ketones is 1. The Bertz CT molecular complexity index is 880. The molecular weight excluding hydrogens is 352 g/mol. The predicted molar refractivity (Wildman–Crippen MR) is 98.1 cm³/mol. The monoisotopic (exact) mass is 370 g/mol.